The summed E-state index contributed by atoms with van der Waals surface area (Å²) in [6, 6.07) is 6.58. The lowest BCUT2D eigenvalue weighted by Gasteiger charge is -2.24. The van der Waals surface area contributed by atoms with Crippen molar-refractivity contribution in [2.45, 2.75) is 98.8 Å². The fourth-order valence-corrected chi connectivity index (χ4v) is 3.67. The first kappa shape index (κ1) is 25.0. The van der Waals surface area contributed by atoms with Crippen LogP contribution in [0.5, 0.6) is 5.75 Å². The van der Waals surface area contributed by atoms with Crippen LogP contribution >= 0.6 is 0 Å². The zero-order valence-corrected chi connectivity index (χ0v) is 19.9. The number of nitrogens with zero attached hydrogens (tertiary/aromatic N) is 1. The predicted octanol–water partition coefficient (Wildman–Crippen LogP) is 7.38. The Morgan fingerprint density at radius 1 is 0.964 bits per heavy atom. The Hall–Kier alpha value is -1.02. The quantitative estimate of drug-likeness (QED) is 0.308. The second kappa shape index (κ2) is 13.2. The van der Waals surface area contributed by atoms with E-state index in [1.165, 1.54) is 69.3 Å². The maximum Gasteiger partial charge on any atom is 0.123 e. The molecule has 0 aliphatic carbocycles. The van der Waals surface area contributed by atoms with Crippen molar-refractivity contribution >= 4 is 0 Å². The molecule has 162 valence electrons. The highest BCUT2D eigenvalue weighted by Gasteiger charge is 2.19. The minimum Gasteiger partial charge on any atom is -0.493 e. The van der Waals surface area contributed by atoms with Crippen LogP contribution in [-0.2, 0) is 5.41 Å². The molecule has 0 saturated heterocycles. The molecule has 2 heteroatoms. The van der Waals surface area contributed by atoms with Crippen molar-refractivity contribution in [2.75, 3.05) is 26.2 Å². The third-order valence-electron chi connectivity index (χ3n) is 5.73. The predicted molar refractivity (Wildman–Crippen MR) is 125 cm³/mol. The Balaban J connectivity index is 2.31. The first-order valence-corrected chi connectivity index (χ1v) is 11.7. The molecule has 1 atom stereocenters. The van der Waals surface area contributed by atoms with Gasteiger partial charge in [0.1, 0.15) is 5.75 Å². The van der Waals surface area contributed by atoms with Gasteiger partial charge in [0.05, 0.1) is 6.61 Å². The topological polar surface area (TPSA) is 12.5 Å². The average molecular weight is 390 g/mol. The molecule has 0 aromatic heterocycles. The second-order valence-corrected chi connectivity index (χ2v) is 9.66. The Morgan fingerprint density at radius 2 is 1.68 bits per heavy atom. The van der Waals surface area contributed by atoms with Gasteiger partial charge in [-0.3, -0.25) is 0 Å². The molecule has 0 saturated carbocycles. The van der Waals surface area contributed by atoms with Crippen molar-refractivity contribution in [2.24, 2.45) is 5.92 Å². The van der Waals surface area contributed by atoms with E-state index in [1.807, 2.05) is 0 Å². The summed E-state index contributed by atoms with van der Waals surface area (Å²) in [5.41, 5.74) is 2.75. The second-order valence-electron chi connectivity index (χ2n) is 9.66. The van der Waals surface area contributed by atoms with E-state index in [0.717, 1.165) is 24.7 Å². The van der Waals surface area contributed by atoms with Gasteiger partial charge in [0.25, 0.3) is 0 Å². The first-order valence-electron chi connectivity index (χ1n) is 11.7. The van der Waals surface area contributed by atoms with Crippen LogP contribution in [0.15, 0.2) is 18.2 Å². The van der Waals surface area contributed by atoms with E-state index in [4.69, 9.17) is 4.74 Å². The zero-order chi connectivity index (χ0) is 21.0. The van der Waals surface area contributed by atoms with Crippen molar-refractivity contribution < 1.29 is 4.74 Å². The van der Waals surface area contributed by atoms with E-state index >= 15 is 0 Å². The van der Waals surface area contributed by atoms with Gasteiger partial charge in [-0.2, -0.15) is 0 Å². The van der Waals surface area contributed by atoms with E-state index in [2.05, 4.69) is 71.6 Å². The third-order valence-corrected chi connectivity index (χ3v) is 5.73. The lowest BCUT2D eigenvalue weighted by molar-refractivity contribution is 0.248. The highest BCUT2D eigenvalue weighted by Crippen LogP contribution is 2.32. The van der Waals surface area contributed by atoms with Gasteiger partial charge in [0.15, 0.2) is 0 Å². The van der Waals surface area contributed by atoms with Gasteiger partial charge >= 0.3 is 0 Å². The molecule has 1 unspecified atom stereocenters. The highest BCUT2D eigenvalue weighted by atomic mass is 16.5. The van der Waals surface area contributed by atoms with Crippen molar-refractivity contribution in [1.29, 1.82) is 0 Å². The number of unbranched alkanes of at least 4 members (excludes halogenated alkanes) is 2. The molecule has 0 amide bonds. The minimum absolute atomic E-state index is 0.122. The van der Waals surface area contributed by atoms with Gasteiger partial charge < -0.3 is 9.64 Å². The Labute approximate surface area is 176 Å². The number of hydrogen-bond acceptors (Lipinski definition) is 2. The summed E-state index contributed by atoms with van der Waals surface area (Å²) in [7, 11) is 0. The van der Waals surface area contributed by atoms with Crippen molar-refractivity contribution in [1.82, 2.24) is 4.90 Å². The maximum absolute atomic E-state index is 6.16. The van der Waals surface area contributed by atoms with Gasteiger partial charge in [-0.1, -0.05) is 65.7 Å². The van der Waals surface area contributed by atoms with Gasteiger partial charge in [-0.15, -0.1) is 0 Å². The third kappa shape index (κ3) is 9.96. The standard InChI is InChI=1S/C26H47NO/c1-8-17-27(19-13-14-22(3)9-2)18-11-10-12-20-28-25-16-15-23(4)21-24(25)26(5,6)7/h15-16,21-22H,8-14,17-20H2,1-7H3. The number of aryl methyl sites for hydroxylation is 1. The van der Waals surface area contributed by atoms with E-state index in [9.17, 15) is 0 Å². The average Bonchev–Trinajstić information content (AvgIpc) is 2.64. The highest BCUT2D eigenvalue weighted by molar-refractivity contribution is 5.41. The van der Waals surface area contributed by atoms with E-state index in [-0.39, 0.29) is 5.41 Å². The molecule has 2 nitrogen and oxygen atoms in total. The van der Waals surface area contributed by atoms with Crippen LogP contribution in [-0.4, -0.2) is 31.1 Å². The molecular formula is C26H47NO. The molecular weight excluding hydrogens is 342 g/mol. The fourth-order valence-electron chi connectivity index (χ4n) is 3.67. The fraction of sp³-hybridized carbons (Fsp3) is 0.769. The van der Waals surface area contributed by atoms with Gasteiger partial charge in [-0.25, -0.2) is 0 Å². The van der Waals surface area contributed by atoms with Crippen LogP contribution in [0.2, 0.25) is 0 Å². The summed E-state index contributed by atoms with van der Waals surface area (Å²) in [5.74, 6) is 1.94. The van der Waals surface area contributed by atoms with Gasteiger partial charge in [0, 0.05) is 0 Å². The molecule has 0 aliphatic heterocycles. The molecule has 0 fully saturated rings. The SMILES string of the molecule is CCCN(CCCCCOc1ccc(C)cc1C(C)(C)C)CCCC(C)CC. The van der Waals surface area contributed by atoms with E-state index in [0.29, 0.717) is 0 Å². The Morgan fingerprint density at radius 3 is 2.32 bits per heavy atom. The molecule has 0 heterocycles. The summed E-state index contributed by atoms with van der Waals surface area (Å²) >= 11 is 0. The monoisotopic (exact) mass is 389 g/mol. The van der Waals surface area contributed by atoms with Crippen LogP contribution in [0.4, 0.5) is 0 Å². The number of rotatable bonds is 14. The molecule has 0 N–H and O–H groups in total. The van der Waals surface area contributed by atoms with Crippen LogP contribution in [0.25, 0.3) is 0 Å². The van der Waals surface area contributed by atoms with Gasteiger partial charge in [-0.05, 0) is 88.0 Å². The maximum atomic E-state index is 6.16. The summed E-state index contributed by atoms with van der Waals surface area (Å²) in [6.45, 7) is 20.5. The zero-order valence-electron chi connectivity index (χ0n) is 19.9. The molecule has 0 aliphatic rings. The summed E-state index contributed by atoms with van der Waals surface area (Å²) in [5, 5.41) is 0. The van der Waals surface area contributed by atoms with Crippen molar-refractivity contribution in [3.8, 4) is 5.75 Å². The Kier molecular flexibility index (Phi) is 11.8. The normalized spacial score (nSPS) is 13.1. The van der Waals surface area contributed by atoms with Crippen LogP contribution in [0, 0.1) is 12.8 Å². The first-order chi connectivity index (χ1) is 13.3. The number of benzene rings is 1. The molecule has 0 spiro atoms. The van der Waals surface area contributed by atoms with Crippen LogP contribution in [0.3, 0.4) is 0 Å². The molecule has 1 rings (SSSR count). The van der Waals surface area contributed by atoms with Crippen molar-refractivity contribution in [3.05, 3.63) is 29.3 Å². The molecule has 0 bridgehead atoms. The largest absolute Gasteiger partial charge is 0.493 e. The number of ether oxygens (including phenoxy) is 1. The van der Waals surface area contributed by atoms with Gasteiger partial charge in [0.2, 0.25) is 0 Å². The molecule has 0 radical (unpaired) electrons. The molecule has 1 aromatic rings. The van der Waals surface area contributed by atoms with E-state index < -0.39 is 0 Å². The molecule has 1 aromatic carbocycles. The summed E-state index contributed by atoms with van der Waals surface area (Å²) in [6.07, 6.45) is 8.97. The van der Waals surface area contributed by atoms with Crippen LogP contribution < -0.4 is 4.74 Å². The number of hydrogen-bond donors (Lipinski definition) is 0. The minimum atomic E-state index is 0.122. The summed E-state index contributed by atoms with van der Waals surface area (Å²) < 4.78 is 6.16. The van der Waals surface area contributed by atoms with Crippen LogP contribution in [0.1, 0.15) is 97.6 Å². The van der Waals surface area contributed by atoms with Crippen molar-refractivity contribution in [3.63, 3.8) is 0 Å². The lowest BCUT2D eigenvalue weighted by Crippen LogP contribution is -2.27. The Bertz CT molecular complexity index is 532. The summed E-state index contributed by atoms with van der Waals surface area (Å²) in [4.78, 5) is 2.67. The smallest absolute Gasteiger partial charge is 0.123 e. The molecule has 28 heavy (non-hydrogen) atoms. The lowest BCUT2D eigenvalue weighted by atomic mass is 9.85. The van der Waals surface area contributed by atoms with E-state index in [1.54, 1.807) is 0 Å².